The lowest BCUT2D eigenvalue weighted by molar-refractivity contribution is 0.102. The van der Waals surface area contributed by atoms with E-state index in [9.17, 15) is 4.79 Å². The molecule has 0 aliphatic carbocycles. The molecule has 0 fully saturated rings. The molecule has 27 heavy (non-hydrogen) atoms. The first-order chi connectivity index (χ1) is 13.2. The van der Waals surface area contributed by atoms with Crippen LogP contribution in [0, 0.1) is 0 Å². The van der Waals surface area contributed by atoms with Gasteiger partial charge in [-0.2, -0.15) is 0 Å². The number of rotatable bonds is 8. The van der Waals surface area contributed by atoms with E-state index in [0.29, 0.717) is 11.3 Å². The highest BCUT2D eigenvalue weighted by Crippen LogP contribution is 2.14. The molecular weight excluding hydrogens is 338 g/mol. The molecular formula is C22H23N3O2. The minimum atomic E-state index is -0.178. The Morgan fingerprint density at radius 3 is 2.44 bits per heavy atom. The first-order valence-corrected chi connectivity index (χ1v) is 8.94. The summed E-state index contributed by atoms with van der Waals surface area (Å²) in [6.07, 6.45) is 3.71. The summed E-state index contributed by atoms with van der Waals surface area (Å²) >= 11 is 0. The van der Waals surface area contributed by atoms with E-state index in [2.05, 4.69) is 39.9 Å². The van der Waals surface area contributed by atoms with Gasteiger partial charge < -0.3 is 15.4 Å². The predicted molar refractivity (Wildman–Crippen MR) is 108 cm³/mol. The van der Waals surface area contributed by atoms with Crippen LogP contribution in [0.25, 0.3) is 0 Å². The van der Waals surface area contributed by atoms with Crippen molar-refractivity contribution in [2.45, 2.75) is 12.8 Å². The highest BCUT2D eigenvalue weighted by Gasteiger charge is 2.06. The van der Waals surface area contributed by atoms with Crippen molar-refractivity contribution in [3.05, 3.63) is 84.1 Å². The summed E-state index contributed by atoms with van der Waals surface area (Å²) in [6, 6.07) is 21.1. The quantitative estimate of drug-likeness (QED) is 0.584. The zero-order valence-electron chi connectivity index (χ0n) is 15.3. The molecule has 3 rings (SSSR count). The number of benzene rings is 2. The Kier molecular flexibility index (Phi) is 6.41. The molecule has 1 heterocycles. The maximum atomic E-state index is 12.2. The van der Waals surface area contributed by atoms with Crippen LogP contribution < -0.4 is 15.4 Å². The number of hydrogen-bond acceptors (Lipinski definition) is 4. The number of ether oxygens (including phenoxy) is 1. The normalized spacial score (nSPS) is 10.3. The largest absolute Gasteiger partial charge is 0.497 e. The Bertz CT molecular complexity index is 847. The Labute approximate surface area is 159 Å². The first-order valence-electron chi connectivity index (χ1n) is 8.94. The number of nitrogens with zero attached hydrogens (tertiary/aromatic N) is 1. The first kappa shape index (κ1) is 18.5. The molecule has 0 spiro atoms. The lowest BCUT2D eigenvalue weighted by Gasteiger charge is -2.08. The molecule has 2 N–H and O–H groups in total. The molecule has 5 nitrogen and oxygen atoms in total. The molecule has 2 aromatic carbocycles. The summed E-state index contributed by atoms with van der Waals surface area (Å²) in [5.41, 5.74) is 2.56. The van der Waals surface area contributed by atoms with E-state index < -0.39 is 0 Å². The van der Waals surface area contributed by atoms with Crippen molar-refractivity contribution in [1.29, 1.82) is 0 Å². The Morgan fingerprint density at radius 2 is 1.78 bits per heavy atom. The summed E-state index contributed by atoms with van der Waals surface area (Å²) in [7, 11) is 1.60. The van der Waals surface area contributed by atoms with Crippen LogP contribution in [0.1, 0.15) is 22.3 Å². The van der Waals surface area contributed by atoms with Crippen LogP contribution in [0.2, 0.25) is 0 Å². The van der Waals surface area contributed by atoms with Gasteiger partial charge in [0.15, 0.2) is 0 Å². The van der Waals surface area contributed by atoms with Gasteiger partial charge >= 0.3 is 0 Å². The van der Waals surface area contributed by atoms with Gasteiger partial charge in [-0.15, -0.1) is 0 Å². The van der Waals surface area contributed by atoms with Crippen LogP contribution in [0.3, 0.4) is 0 Å². The molecule has 1 aromatic heterocycles. The van der Waals surface area contributed by atoms with Gasteiger partial charge in [-0.1, -0.05) is 30.3 Å². The fourth-order valence-electron chi connectivity index (χ4n) is 2.67. The van der Waals surface area contributed by atoms with E-state index in [1.54, 1.807) is 37.6 Å². The van der Waals surface area contributed by atoms with Crippen molar-refractivity contribution in [3.8, 4) is 5.75 Å². The predicted octanol–water partition coefficient (Wildman–Crippen LogP) is 4.39. The van der Waals surface area contributed by atoms with Crippen LogP contribution in [-0.2, 0) is 6.42 Å². The standard InChI is InChI=1S/C22H23N3O2/c1-27-20-12-9-18(10-13-20)22(26)25-19-11-14-21(24-16-19)23-15-5-8-17-6-3-2-4-7-17/h2-4,6-7,9-14,16H,5,8,15H2,1H3,(H,23,24)(H,25,26). The number of pyridine rings is 1. The van der Waals surface area contributed by atoms with Gasteiger partial charge in [0.1, 0.15) is 11.6 Å². The Morgan fingerprint density at radius 1 is 1.00 bits per heavy atom. The maximum Gasteiger partial charge on any atom is 0.255 e. The molecule has 0 unspecified atom stereocenters. The minimum absolute atomic E-state index is 0.178. The third-order valence-corrected chi connectivity index (χ3v) is 4.16. The van der Waals surface area contributed by atoms with E-state index in [4.69, 9.17) is 4.74 Å². The van der Waals surface area contributed by atoms with Crippen molar-refractivity contribution < 1.29 is 9.53 Å². The number of anilines is 2. The zero-order chi connectivity index (χ0) is 18.9. The fraction of sp³-hybridized carbons (Fsp3) is 0.182. The van der Waals surface area contributed by atoms with E-state index in [0.717, 1.165) is 31.0 Å². The van der Waals surface area contributed by atoms with Gasteiger partial charge in [0.25, 0.3) is 5.91 Å². The third-order valence-electron chi connectivity index (χ3n) is 4.16. The molecule has 0 radical (unpaired) electrons. The molecule has 0 aliphatic rings. The lowest BCUT2D eigenvalue weighted by atomic mass is 10.1. The third kappa shape index (κ3) is 5.57. The van der Waals surface area contributed by atoms with Gasteiger partial charge in [0.2, 0.25) is 0 Å². The average Bonchev–Trinajstić information content (AvgIpc) is 2.73. The topological polar surface area (TPSA) is 63.2 Å². The van der Waals surface area contributed by atoms with Crippen molar-refractivity contribution >= 4 is 17.4 Å². The second-order valence-corrected chi connectivity index (χ2v) is 6.13. The smallest absolute Gasteiger partial charge is 0.255 e. The highest BCUT2D eigenvalue weighted by molar-refractivity contribution is 6.04. The molecule has 0 atom stereocenters. The molecule has 138 valence electrons. The number of methoxy groups -OCH3 is 1. The summed E-state index contributed by atoms with van der Waals surface area (Å²) < 4.78 is 5.10. The number of aromatic nitrogens is 1. The van der Waals surface area contributed by atoms with E-state index in [1.807, 2.05) is 18.2 Å². The molecule has 3 aromatic rings. The summed E-state index contributed by atoms with van der Waals surface area (Å²) in [5.74, 6) is 1.34. The summed E-state index contributed by atoms with van der Waals surface area (Å²) in [6.45, 7) is 0.847. The molecule has 0 bridgehead atoms. The number of hydrogen-bond donors (Lipinski definition) is 2. The lowest BCUT2D eigenvalue weighted by Crippen LogP contribution is -2.12. The summed E-state index contributed by atoms with van der Waals surface area (Å²) in [5, 5.41) is 6.14. The second kappa shape index (κ2) is 9.38. The van der Waals surface area contributed by atoms with Crippen LogP contribution in [-0.4, -0.2) is 24.5 Å². The van der Waals surface area contributed by atoms with E-state index in [-0.39, 0.29) is 5.91 Å². The Balaban J connectivity index is 1.45. The molecule has 5 heteroatoms. The van der Waals surface area contributed by atoms with E-state index >= 15 is 0 Å². The minimum Gasteiger partial charge on any atom is -0.497 e. The Hall–Kier alpha value is -3.34. The number of carbonyl (C=O) groups excluding carboxylic acids is 1. The number of amides is 1. The van der Waals surface area contributed by atoms with Crippen molar-refractivity contribution in [3.63, 3.8) is 0 Å². The zero-order valence-corrected chi connectivity index (χ0v) is 15.3. The summed E-state index contributed by atoms with van der Waals surface area (Å²) in [4.78, 5) is 16.6. The van der Waals surface area contributed by atoms with Crippen LogP contribution in [0.5, 0.6) is 5.75 Å². The van der Waals surface area contributed by atoms with Crippen molar-refractivity contribution in [2.75, 3.05) is 24.3 Å². The monoisotopic (exact) mass is 361 g/mol. The van der Waals surface area contributed by atoms with Gasteiger partial charge in [-0.3, -0.25) is 4.79 Å². The van der Waals surface area contributed by atoms with Gasteiger partial charge in [0.05, 0.1) is 19.0 Å². The van der Waals surface area contributed by atoms with Gasteiger partial charge in [-0.05, 0) is 54.8 Å². The number of nitrogens with one attached hydrogen (secondary N) is 2. The molecule has 1 amide bonds. The van der Waals surface area contributed by atoms with Gasteiger partial charge in [0, 0.05) is 12.1 Å². The van der Waals surface area contributed by atoms with Gasteiger partial charge in [-0.25, -0.2) is 4.98 Å². The average molecular weight is 361 g/mol. The van der Waals surface area contributed by atoms with Crippen LogP contribution in [0.4, 0.5) is 11.5 Å². The SMILES string of the molecule is COc1ccc(C(=O)Nc2ccc(NCCCc3ccccc3)nc2)cc1. The number of carbonyl (C=O) groups is 1. The van der Waals surface area contributed by atoms with Crippen molar-refractivity contribution in [1.82, 2.24) is 4.98 Å². The molecule has 0 saturated carbocycles. The fourth-order valence-corrected chi connectivity index (χ4v) is 2.67. The second-order valence-electron chi connectivity index (χ2n) is 6.13. The highest BCUT2D eigenvalue weighted by atomic mass is 16.5. The number of aryl methyl sites for hydroxylation is 1. The van der Waals surface area contributed by atoms with Crippen molar-refractivity contribution in [2.24, 2.45) is 0 Å². The maximum absolute atomic E-state index is 12.2. The van der Waals surface area contributed by atoms with Crippen LogP contribution >= 0.6 is 0 Å². The molecule has 0 saturated heterocycles. The molecule has 0 aliphatic heterocycles. The van der Waals surface area contributed by atoms with Crippen LogP contribution in [0.15, 0.2) is 72.9 Å². The van der Waals surface area contributed by atoms with E-state index in [1.165, 1.54) is 5.56 Å².